The highest BCUT2D eigenvalue weighted by molar-refractivity contribution is 6.27. The lowest BCUT2D eigenvalue weighted by Gasteiger charge is -2.39. The van der Waals surface area contributed by atoms with E-state index in [4.69, 9.17) is 11.6 Å². The van der Waals surface area contributed by atoms with Crippen molar-refractivity contribution < 1.29 is 14.3 Å². The van der Waals surface area contributed by atoms with Gasteiger partial charge in [-0.1, -0.05) is 18.2 Å². The molecule has 2 aliphatic heterocycles. The zero-order valence-electron chi connectivity index (χ0n) is 19.9. The Morgan fingerprint density at radius 3 is 2.60 bits per heavy atom. The van der Waals surface area contributed by atoms with Crippen LogP contribution in [0.25, 0.3) is 5.57 Å². The van der Waals surface area contributed by atoms with E-state index in [1.165, 1.54) is 11.0 Å². The third-order valence-corrected chi connectivity index (χ3v) is 7.58. The largest absolute Gasteiger partial charge is 0.507 e. The number of para-hydroxylation sites is 1. The SMILES string of the molecule is Cc1ncc(C2(Cl)CC(c3ccccc3O)=CC(F)=C2N2CCN(C)C2=O)cc1N1CCNCC1. The third-order valence-electron chi connectivity index (χ3n) is 7.05. The molecule has 9 heteroatoms. The number of benzene rings is 1. The molecule has 3 heterocycles. The Labute approximate surface area is 209 Å². The molecule has 2 saturated heterocycles. The smallest absolute Gasteiger partial charge is 0.324 e. The molecule has 0 bridgehead atoms. The molecule has 2 aromatic rings. The second-order valence-electron chi connectivity index (χ2n) is 9.28. The minimum atomic E-state index is -1.39. The van der Waals surface area contributed by atoms with E-state index in [9.17, 15) is 9.90 Å². The number of nitrogens with one attached hydrogen (secondary N) is 1. The Balaban J connectivity index is 1.65. The van der Waals surface area contributed by atoms with Crippen LogP contribution in [0.2, 0.25) is 0 Å². The van der Waals surface area contributed by atoms with Gasteiger partial charge in [-0.2, -0.15) is 0 Å². The normalized spacial score (nSPS) is 23.3. The number of alkyl halides is 1. The second-order valence-corrected chi connectivity index (χ2v) is 9.93. The molecule has 35 heavy (non-hydrogen) atoms. The van der Waals surface area contributed by atoms with Gasteiger partial charge in [0.15, 0.2) is 0 Å². The molecule has 2 fully saturated rings. The molecular formula is C26H29ClFN5O2. The van der Waals surface area contributed by atoms with E-state index in [1.54, 1.807) is 42.4 Å². The van der Waals surface area contributed by atoms with Crippen LogP contribution in [0.5, 0.6) is 5.75 Å². The summed E-state index contributed by atoms with van der Waals surface area (Å²) >= 11 is 7.41. The Hall–Kier alpha value is -3.10. The number of aromatic nitrogens is 1. The summed E-state index contributed by atoms with van der Waals surface area (Å²) in [6, 6.07) is 8.50. The summed E-state index contributed by atoms with van der Waals surface area (Å²) in [6.45, 7) is 6.17. The highest BCUT2D eigenvalue weighted by atomic mass is 35.5. The molecular weight excluding hydrogens is 469 g/mol. The van der Waals surface area contributed by atoms with Gasteiger partial charge in [-0.15, -0.1) is 11.6 Å². The summed E-state index contributed by atoms with van der Waals surface area (Å²) in [5, 5.41) is 13.8. The average molecular weight is 498 g/mol. The van der Waals surface area contributed by atoms with Gasteiger partial charge in [-0.25, -0.2) is 9.18 Å². The van der Waals surface area contributed by atoms with Gasteiger partial charge < -0.3 is 20.2 Å². The predicted molar refractivity (Wildman–Crippen MR) is 135 cm³/mol. The van der Waals surface area contributed by atoms with Crippen LogP contribution in [-0.4, -0.2) is 72.2 Å². The summed E-state index contributed by atoms with van der Waals surface area (Å²) in [7, 11) is 1.69. The van der Waals surface area contributed by atoms with Crippen LogP contribution in [0.3, 0.4) is 0 Å². The van der Waals surface area contributed by atoms with Crippen LogP contribution in [-0.2, 0) is 4.87 Å². The van der Waals surface area contributed by atoms with Gasteiger partial charge in [-0.05, 0) is 36.3 Å². The number of piperazine rings is 1. The summed E-state index contributed by atoms with van der Waals surface area (Å²) < 4.78 is 16.0. The number of anilines is 1. The van der Waals surface area contributed by atoms with E-state index in [2.05, 4.69) is 15.2 Å². The number of pyridine rings is 1. The lowest BCUT2D eigenvalue weighted by molar-refractivity contribution is 0.203. The van der Waals surface area contributed by atoms with Crippen LogP contribution < -0.4 is 10.2 Å². The number of carbonyl (C=O) groups is 1. The lowest BCUT2D eigenvalue weighted by Crippen LogP contribution is -2.44. The first-order chi connectivity index (χ1) is 16.8. The Kier molecular flexibility index (Phi) is 6.19. The van der Waals surface area contributed by atoms with Gasteiger partial charge in [0.05, 0.1) is 17.1 Å². The number of phenolic OH excluding ortho intramolecular Hbond substituents is 1. The zero-order valence-corrected chi connectivity index (χ0v) is 20.6. The van der Waals surface area contributed by atoms with E-state index in [0.717, 1.165) is 37.6 Å². The number of phenols is 1. The Morgan fingerprint density at radius 1 is 1.17 bits per heavy atom. The number of hydrogen-bond acceptors (Lipinski definition) is 5. The number of carbonyl (C=O) groups excluding carboxylic acids is 1. The van der Waals surface area contributed by atoms with Gasteiger partial charge in [0.2, 0.25) is 0 Å². The summed E-state index contributed by atoms with van der Waals surface area (Å²) in [5.41, 5.74) is 3.64. The molecule has 0 spiro atoms. The summed E-state index contributed by atoms with van der Waals surface area (Å²) in [4.78, 5) is 21.4. The summed E-state index contributed by atoms with van der Waals surface area (Å²) in [5.74, 6) is -0.535. The maximum atomic E-state index is 16.0. The molecule has 2 N–H and O–H groups in total. The molecule has 1 aliphatic carbocycles. The number of aryl methyl sites for hydroxylation is 1. The monoisotopic (exact) mass is 497 g/mol. The number of halogens is 2. The van der Waals surface area contributed by atoms with Crippen molar-refractivity contribution in [3.8, 4) is 5.75 Å². The van der Waals surface area contributed by atoms with Crippen LogP contribution >= 0.6 is 11.6 Å². The van der Waals surface area contributed by atoms with Crippen molar-refractivity contribution in [1.82, 2.24) is 20.1 Å². The fourth-order valence-corrected chi connectivity index (χ4v) is 5.57. The van der Waals surface area contributed by atoms with Gasteiger partial charge in [0.25, 0.3) is 0 Å². The molecule has 1 unspecified atom stereocenters. The molecule has 3 aliphatic rings. The fourth-order valence-electron chi connectivity index (χ4n) is 5.13. The minimum Gasteiger partial charge on any atom is -0.507 e. The van der Waals surface area contributed by atoms with Crippen LogP contribution in [0.1, 0.15) is 23.2 Å². The van der Waals surface area contributed by atoms with E-state index in [-0.39, 0.29) is 23.9 Å². The average Bonchev–Trinajstić information content (AvgIpc) is 3.17. The molecule has 5 rings (SSSR count). The predicted octanol–water partition coefficient (Wildman–Crippen LogP) is 3.98. The van der Waals surface area contributed by atoms with Crippen molar-refractivity contribution in [2.24, 2.45) is 0 Å². The number of hydrogen-bond donors (Lipinski definition) is 2. The fraction of sp³-hybridized carbons (Fsp3) is 0.385. The highest BCUT2D eigenvalue weighted by Gasteiger charge is 2.47. The number of urea groups is 1. The number of rotatable bonds is 4. The lowest BCUT2D eigenvalue weighted by atomic mass is 9.81. The zero-order chi connectivity index (χ0) is 24.7. The maximum Gasteiger partial charge on any atom is 0.324 e. The summed E-state index contributed by atoms with van der Waals surface area (Å²) in [6.07, 6.45) is 3.25. The molecule has 0 saturated carbocycles. The Morgan fingerprint density at radius 2 is 1.91 bits per heavy atom. The van der Waals surface area contributed by atoms with Crippen molar-refractivity contribution >= 4 is 28.9 Å². The van der Waals surface area contributed by atoms with Crippen molar-refractivity contribution in [3.05, 3.63) is 70.9 Å². The number of allylic oxidation sites excluding steroid dienone is 4. The van der Waals surface area contributed by atoms with Crippen LogP contribution in [0.15, 0.2) is 54.1 Å². The van der Waals surface area contributed by atoms with E-state index >= 15 is 4.39 Å². The number of amides is 2. The topological polar surface area (TPSA) is 71.9 Å². The van der Waals surface area contributed by atoms with Crippen molar-refractivity contribution in [1.29, 1.82) is 0 Å². The number of nitrogens with zero attached hydrogens (tertiary/aromatic N) is 4. The molecule has 1 atom stereocenters. The number of aromatic hydroxyl groups is 1. The highest BCUT2D eigenvalue weighted by Crippen LogP contribution is 2.52. The molecule has 1 aromatic heterocycles. The van der Waals surface area contributed by atoms with Gasteiger partial charge in [-0.3, -0.25) is 9.88 Å². The molecule has 0 radical (unpaired) electrons. The van der Waals surface area contributed by atoms with Gasteiger partial charge >= 0.3 is 6.03 Å². The first-order valence-corrected chi connectivity index (χ1v) is 12.2. The quantitative estimate of drug-likeness (QED) is 0.625. The minimum absolute atomic E-state index is 0.0505. The van der Waals surface area contributed by atoms with Crippen molar-refractivity contribution in [2.45, 2.75) is 18.2 Å². The van der Waals surface area contributed by atoms with Crippen molar-refractivity contribution in [3.63, 3.8) is 0 Å². The maximum absolute atomic E-state index is 16.0. The van der Waals surface area contributed by atoms with E-state index in [1.807, 2.05) is 13.0 Å². The van der Waals surface area contributed by atoms with Gasteiger partial charge in [0, 0.05) is 64.5 Å². The third kappa shape index (κ3) is 4.15. The van der Waals surface area contributed by atoms with Crippen LogP contribution in [0.4, 0.5) is 14.9 Å². The Bertz CT molecular complexity index is 1230. The van der Waals surface area contributed by atoms with Crippen LogP contribution in [0, 0.1) is 6.92 Å². The molecule has 7 nitrogen and oxygen atoms in total. The van der Waals surface area contributed by atoms with Crippen molar-refractivity contribution in [2.75, 3.05) is 51.2 Å². The van der Waals surface area contributed by atoms with E-state index < -0.39 is 10.7 Å². The standard InChI is InChI=1S/C26H29ClFN5O2/c1-17-22(32-9-7-29-8-10-32)14-19(16-30-17)26(27)15-18(20-5-3-4-6-23(20)34)13-21(28)24(26)33-12-11-31(2)25(33)35/h3-6,13-14,16,29,34H,7-12,15H2,1-2H3. The molecule has 2 amide bonds. The molecule has 1 aromatic carbocycles. The first-order valence-electron chi connectivity index (χ1n) is 11.8. The van der Waals surface area contributed by atoms with E-state index in [0.29, 0.717) is 29.8 Å². The molecule has 184 valence electrons. The van der Waals surface area contributed by atoms with Gasteiger partial charge in [0.1, 0.15) is 16.5 Å². The first kappa shape index (κ1) is 23.6. The second kappa shape index (κ2) is 9.17. The number of likely N-dealkylation sites (N-methyl/N-ethyl adjacent to an activating group) is 1.